The van der Waals surface area contributed by atoms with Crippen molar-refractivity contribution in [1.29, 1.82) is 0 Å². The molecule has 0 aliphatic rings. The summed E-state index contributed by atoms with van der Waals surface area (Å²) in [5.41, 5.74) is 6.49. The van der Waals surface area contributed by atoms with Crippen LogP contribution in [0.15, 0.2) is 91.1 Å². The Morgan fingerprint density at radius 3 is 2.24 bits per heavy atom. The number of likely N-dealkylation sites (N-methyl/N-ethyl adjacent to an activating group) is 2. The second kappa shape index (κ2) is 13.0. The summed E-state index contributed by atoms with van der Waals surface area (Å²) in [6, 6.07) is 27.4. The van der Waals surface area contributed by atoms with Gasteiger partial charge in [0.15, 0.2) is 5.75 Å². The number of hydrazine groups is 1. The van der Waals surface area contributed by atoms with Crippen LogP contribution in [0.25, 0.3) is 10.9 Å². The molecule has 4 aromatic rings. The molecular formula is C31H36N4O3. The molecule has 0 fully saturated rings. The number of rotatable bonds is 12. The van der Waals surface area contributed by atoms with Gasteiger partial charge in [0.1, 0.15) is 6.04 Å². The van der Waals surface area contributed by atoms with Gasteiger partial charge in [-0.05, 0) is 29.7 Å². The Labute approximate surface area is 224 Å². The Kier molecular flexibility index (Phi) is 9.30. The van der Waals surface area contributed by atoms with Gasteiger partial charge in [-0.3, -0.25) is 15.0 Å². The average Bonchev–Trinajstić information content (AvgIpc) is 3.25. The normalized spacial score (nSPS) is 12.0. The largest absolute Gasteiger partial charge is 0.424 e. The third-order valence-corrected chi connectivity index (χ3v) is 6.64. The highest BCUT2D eigenvalue weighted by molar-refractivity contribution is 5.89. The maximum absolute atomic E-state index is 13.7. The fraction of sp³-hybridized carbons (Fsp3) is 0.290. The zero-order valence-electron chi connectivity index (χ0n) is 22.3. The molecule has 1 heterocycles. The van der Waals surface area contributed by atoms with Gasteiger partial charge in [0.25, 0.3) is 0 Å². The summed E-state index contributed by atoms with van der Waals surface area (Å²) in [6.07, 6.45) is 2.55. The van der Waals surface area contributed by atoms with Gasteiger partial charge in [0.05, 0.1) is 11.9 Å². The number of para-hydroxylation sites is 1. The SMILES string of the molecule is CCN(NCCC(=O)Oc1cn(C)c2ccccc12)[C@@H](Cc1ccccc1)C(=O)N(C)Cc1ccccc1. The van der Waals surface area contributed by atoms with Crippen molar-refractivity contribution < 1.29 is 14.3 Å². The predicted octanol–water partition coefficient (Wildman–Crippen LogP) is 4.57. The molecule has 1 atom stereocenters. The first-order valence-corrected chi connectivity index (χ1v) is 13.0. The predicted molar refractivity (Wildman–Crippen MR) is 150 cm³/mol. The van der Waals surface area contributed by atoms with Gasteiger partial charge >= 0.3 is 5.97 Å². The van der Waals surface area contributed by atoms with Gasteiger partial charge in [-0.25, -0.2) is 5.01 Å². The van der Waals surface area contributed by atoms with Gasteiger partial charge in [0, 0.05) is 45.3 Å². The van der Waals surface area contributed by atoms with Crippen LogP contribution in [-0.4, -0.2) is 52.5 Å². The van der Waals surface area contributed by atoms with Crippen molar-refractivity contribution in [2.75, 3.05) is 20.1 Å². The van der Waals surface area contributed by atoms with Gasteiger partial charge in [-0.2, -0.15) is 0 Å². The fourth-order valence-electron chi connectivity index (χ4n) is 4.66. The lowest BCUT2D eigenvalue weighted by Gasteiger charge is -2.33. The van der Waals surface area contributed by atoms with E-state index in [-0.39, 0.29) is 18.3 Å². The quantitative estimate of drug-likeness (QED) is 0.223. The van der Waals surface area contributed by atoms with Crippen LogP contribution >= 0.6 is 0 Å². The number of nitrogens with one attached hydrogen (secondary N) is 1. The lowest BCUT2D eigenvalue weighted by atomic mass is 10.0. The highest BCUT2D eigenvalue weighted by atomic mass is 16.5. The number of benzene rings is 3. The highest BCUT2D eigenvalue weighted by Crippen LogP contribution is 2.27. The molecule has 7 heteroatoms. The first-order valence-electron chi connectivity index (χ1n) is 13.0. The second-order valence-electron chi connectivity index (χ2n) is 9.43. The molecule has 0 unspecified atom stereocenters. The molecule has 38 heavy (non-hydrogen) atoms. The minimum atomic E-state index is -0.426. The number of ether oxygens (including phenoxy) is 1. The second-order valence-corrected chi connectivity index (χ2v) is 9.43. The first-order chi connectivity index (χ1) is 18.5. The van der Waals surface area contributed by atoms with Crippen LogP contribution in [0.5, 0.6) is 5.75 Å². The summed E-state index contributed by atoms with van der Waals surface area (Å²) in [4.78, 5) is 28.1. The Balaban J connectivity index is 1.40. The molecule has 7 nitrogen and oxygen atoms in total. The molecule has 0 saturated heterocycles. The number of nitrogens with zero attached hydrogens (tertiary/aromatic N) is 3. The van der Waals surface area contributed by atoms with Crippen molar-refractivity contribution >= 4 is 22.8 Å². The van der Waals surface area contributed by atoms with Crippen LogP contribution in [0, 0.1) is 0 Å². The third kappa shape index (κ3) is 6.88. The number of esters is 1. The van der Waals surface area contributed by atoms with Crippen LogP contribution in [0.1, 0.15) is 24.5 Å². The first kappa shape index (κ1) is 27.1. The molecule has 0 radical (unpaired) electrons. The van der Waals surface area contributed by atoms with Gasteiger partial charge in [0.2, 0.25) is 5.91 Å². The minimum absolute atomic E-state index is 0.0189. The summed E-state index contributed by atoms with van der Waals surface area (Å²) in [5, 5.41) is 2.84. The number of carbonyl (C=O) groups is 2. The average molecular weight is 513 g/mol. The summed E-state index contributed by atoms with van der Waals surface area (Å²) >= 11 is 0. The summed E-state index contributed by atoms with van der Waals surface area (Å²) in [6.45, 7) is 3.49. The fourth-order valence-corrected chi connectivity index (χ4v) is 4.66. The molecule has 0 bridgehead atoms. The number of fused-ring (bicyclic) bond motifs is 1. The number of hydrogen-bond acceptors (Lipinski definition) is 5. The number of carbonyl (C=O) groups excluding carboxylic acids is 2. The Morgan fingerprint density at radius 1 is 0.921 bits per heavy atom. The van der Waals surface area contributed by atoms with Crippen molar-refractivity contribution in [3.8, 4) is 5.75 Å². The molecule has 4 rings (SSSR count). The van der Waals surface area contributed by atoms with E-state index >= 15 is 0 Å². The number of hydrogen-bond donors (Lipinski definition) is 1. The molecule has 1 N–H and O–H groups in total. The molecular weight excluding hydrogens is 476 g/mol. The molecule has 0 saturated carbocycles. The van der Waals surface area contributed by atoms with E-state index in [1.54, 1.807) is 4.90 Å². The summed E-state index contributed by atoms with van der Waals surface area (Å²) in [7, 11) is 3.77. The van der Waals surface area contributed by atoms with E-state index in [9.17, 15) is 9.59 Å². The number of aromatic nitrogens is 1. The van der Waals surface area contributed by atoms with Crippen molar-refractivity contribution in [2.24, 2.45) is 7.05 Å². The molecule has 3 aromatic carbocycles. The van der Waals surface area contributed by atoms with E-state index in [1.807, 2.05) is 122 Å². The van der Waals surface area contributed by atoms with E-state index in [0.717, 1.165) is 22.0 Å². The Morgan fingerprint density at radius 2 is 1.55 bits per heavy atom. The van der Waals surface area contributed by atoms with E-state index in [2.05, 4.69) is 5.43 Å². The van der Waals surface area contributed by atoms with Gasteiger partial charge in [-0.15, -0.1) is 0 Å². The van der Waals surface area contributed by atoms with E-state index in [4.69, 9.17) is 4.74 Å². The van der Waals surface area contributed by atoms with Crippen molar-refractivity contribution in [1.82, 2.24) is 19.9 Å². The van der Waals surface area contributed by atoms with Crippen molar-refractivity contribution in [3.63, 3.8) is 0 Å². The molecule has 0 aliphatic heterocycles. The number of amides is 1. The van der Waals surface area contributed by atoms with Gasteiger partial charge in [-0.1, -0.05) is 79.7 Å². The van der Waals surface area contributed by atoms with Crippen LogP contribution in [0.2, 0.25) is 0 Å². The number of aryl methyl sites for hydroxylation is 1. The summed E-state index contributed by atoms with van der Waals surface area (Å²) in [5.74, 6) is 0.252. The molecule has 1 amide bonds. The maximum atomic E-state index is 13.7. The topological polar surface area (TPSA) is 66.8 Å². The Hall–Kier alpha value is -3.94. The third-order valence-electron chi connectivity index (χ3n) is 6.64. The van der Waals surface area contributed by atoms with E-state index in [0.29, 0.717) is 31.8 Å². The minimum Gasteiger partial charge on any atom is -0.424 e. The lowest BCUT2D eigenvalue weighted by molar-refractivity contribution is -0.137. The van der Waals surface area contributed by atoms with Crippen LogP contribution in [0.4, 0.5) is 0 Å². The molecule has 0 aliphatic carbocycles. The zero-order chi connectivity index (χ0) is 26.9. The smallest absolute Gasteiger partial charge is 0.312 e. The van der Waals surface area contributed by atoms with E-state index in [1.165, 1.54) is 0 Å². The van der Waals surface area contributed by atoms with Crippen LogP contribution in [-0.2, 0) is 29.6 Å². The molecule has 1 aromatic heterocycles. The monoisotopic (exact) mass is 512 g/mol. The maximum Gasteiger partial charge on any atom is 0.312 e. The molecule has 0 spiro atoms. The lowest BCUT2D eigenvalue weighted by Crippen LogP contribution is -2.54. The molecule has 198 valence electrons. The Bertz CT molecular complexity index is 1340. The van der Waals surface area contributed by atoms with Crippen LogP contribution < -0.4 is 10.2 Å². The highest BCUT2D eigenvalue weighted by Gasteiger charge is 2.28. The van der Waals surface area contributed by atoms with Crippen molar-refractivity contribution in [2.45, 2.75) is 32.4 Å². The van der Waals surface area contributed by atoms with Crippen molar-refractivity contribution in [3.05, 3.63) is 102 Å². The zero-order valence-corrected chi connectivity index (χ0v) is 22.3. The van der Waals surface area contributed by atoms with Gasteiger partial charge < -0.3 is 14.2 Å². The van der Waals surface area contributed by atoms with E-state index < -0.39 is 6.04 Å². The standard InChI is InChI=1S/C31H36N4O3/c1-4-35(32-20-19-30(36)38-29-23-33(2)27-18-12-11-17-26(27)29)28(21-24-13-7-5-8-14-24)31(37)34(3)22-25-15-9-6-10-16-25/h5-18,23,28,32H,4,19-22H2,1-3H3/t28-/m0/s1. The van der Waals surface area contributed by atoms with Crippen LogP contribution in [0.3, 0.4) is 0 Å². The summed E-state index contributed by atoms with van der Waals surface area (Å²) < 4.78 is 7.62.